The number of rotatable bonds is 3. The molecule has 0 spiro atoms. The summed E-state index contributed by atoms with van der Waals surface area (Å²) in [5.74, 6) is 2.34. The molecule has 1 aromatic carbocycles. The van der Waals surface area contributed by atoms with Crippen molar-refractivity contribution in [1.82, 2.24) is 15.5 Å². The first kappa shape index (κ1) is 13.1. The van der Waals surface area contributed by atoms with E-state index in [0.29, 0.717) is 5.89 Å². The van der Waals surface area contributed by atoms with Crippen LogP contribution in [0.5, 0.6) is 0 Å². The Morgan fingerprint density at radius 2 is 2.25 bits per heavy atom. The second-order valence-electron chi connectivity index (χ2n) is 4.39. The average Bonchev–Trinajstić information content (AvgIpc) is 3.03. The van der Waals surface area contributed by atoms with E-state index in [9.17, 15) is 4.79 Å². The highest BCUT2D eigenvalue weighted by Crippen LogP contribution is 2.19. The third-order valence-electron chi connectivity index (χ3n) is 3.00. The molecule has 2 N–H and O–H groups in total. The second-order valence-corrected chi connectivity index (χ2v) is 5.54. The van der Waals surface area contributed by atoms with E-state index in [1.807, 2.05) is 24.3 Å². The van der Waals surface area contributed by atoms with Gasteiger partial charge in [0.2, 0.25) is 18.2 Å². The maximum absolute atomic E-state index is 12.1. The van der Waals surface area contributed by atoms with E-state index in [4.69, 9.17) is 4.42 Å². The van der Waals surface area contributed by atoms with E-state index in [-0.39, 0.29) is 11.9 Å². The first-order valence-corrected chi connectivity index (χ1v) is 7.47. The predicted octanol–water partition coefficient (Wildman–Crippen LogP) is 1.38. The first-order valence-electron chi connectivity index (χ1n) is 6.31. The highest BCUT2D eigenvalue weighted by molar-refractivity contribution is 7.99. The van der Waals surface area contributed by atoms with Crippen LogP contribution in [0.3, 0.4) is 0 Å². The van der Waals surface area contributed by atoms with Gasteiger partial charge in [0, 0.05) is 29.3 Å². The molecule has 0 bridgehead atoms. The normalized spacial score (nSPS) is 18.7. The average molecular weight is 290 g/mol. The van der Waals surface area contributed by atoms with Crippen molar-refractivity contribution in [3.8, 4) is 11.5 Å². The summed E-state index contributed by atoms with van der Waals surface area (Å²) in [6.07, 6.45) is 1.29. The van der Waals surface area contributed by atoms with Gasteiger partial charge in [0.1, 0.15) is 0 Å². The SMILES string of the molecule is O=C(Nc1ccc(-c2nnco2)cc1)C1CSCCN1. The van der Waals surface area contributed by atoms with Crippen molar-refractivity contribution in [2.45, 2.75) is 6.04 Å². The lowest BCUT2D eigenvalue weighted by molar-refractivity contribution is -0.117. The predicted molar refractivity (Wildman–Crippen MR) is 77.5 cm³/mol. The fourth-order valence-corrected chi connectivity index (χ4v) is 2.89. The first-order chi connectivity index (χ1) is 9.83. The van der Waals surface area contributed by atoms with Crippen LogP contribution in [-0.2, 0) is 4.79 Å². The van der Waals surface area contributed by atoms with Gasteiger partial charge < -0.3 is 15.1 Å². The number of benzene rings is 1. The fourth-order valence-electron chi connectivity index (χ4n) is 1.96. The van der Waals surface area contributed by atoms with Crippen LogP contribution in [0.2, 0.25) is 0 Å². The quantitative estimate of drug-likeness (QED) is 0.889. The van der Waals surface area contributed by atoms with Gasteiger partial charge in [-0.15, -0.1) is 10.2 Å². The topological polar surface area (TPSA) is 80.1 Å². The number of hydrogen-bond donors (Lipinski definition) is 2. The van der Waals surface area contributed by atoms with E-state index in [2.05, 4.69) is 20.8 Å². The summed E-state index contributed by atoms with van der Waals surface area (Å²) in [4.78, 5) is 12.1. The Labute approximate surface area is 120 Å². The standard InChI is InChI=1S/C13H14N4O2S/c18-12(11-7-20-6-5-14-11)16-10-3-1-9(2-4-10)13-17-15-8-19-13/h1-4,8,11,14H,5-7H2,(H,16,18). The molecule has 1 aromatic heterocycles. The minimum absolute atomic E-state index is 0.00254. The van der Waals surface area contributed by atoms with E-state index in [0.717, 1.165) is 29.3 Å². The van der Waals surface area contributed by atoms with E-state index < -0.39 is 0 Å². The van der Waals surface area contributed by atoms with Crippen molar-refractivity contribution in [1.29, 1.82) is 0 Å². The monoisotopic (exact) mass is 290 g/mol. The van der Waals surface area contributed by atoms with E-state index in [1.54, 1.807) is 11.8 Å². The van der Waals surface area contributed by atoms with Gasteiger partial charge in [0.15, 0.2) is 0 Å². The van der Waals surface area contributed by atoms with Crippen LogP contribution in [0.1, 0.15) is 0 Å². The highest BCUT2D eigenvalue weighted by Gasteiger charge is 2.20. The number of amides is 1. The zero-order chi connectivity index (χ0) is 13.8. The molecule has 2 heterocycles. The minimum Gasteiger partial charge on any atom is -0.423 e. The van der Waals surface area contributed by atoms with Crippen molar-refractivity contribution in [2.75, 3.05) is 23.4 Å². The maximum atomic E-state index is 12.1. The summed E-state index contributed by atoms with van der Waals surface area (Å²) >= 11 is 1.79. The third-order valence-corrected chi connectivity index (χ3v) is 4.06. The lowest BCUT2D eigenvalue weighted by atomic mass is 10.2. The summed E-state index contributed by atoms with van der Waals surface area (Å²) in [5, 5.41) is 13.6. The number of carbonyl (C=O) groups is 1. The van der Waals surface area contributed by atoms with Crippen LogP contribution in [0.15, 0.2) is 35.1 Å². The van der Waals surface area contributed by atoms with E-state index >= 15 is 0 Å². The Bertz CT molecular complexity index is 565. The van der Waals surface area contributed by atoms with Crippen molar-refractivity contribution < 1.29 is 9.21 Å². The zero-order valence-electron chi connectivity index (χ0n) is 10.7. The molecule has 7 heteroatoms. The molecule has 1 aliphatic rings. The van der Waals surface area contributed by atoms with Crippen LogP contribution in [-0.4, -0.2) is 40.2 Å². The lowest BCUT2D eigenvalue weighted by Gasteiger charge is -2.22. The Morgan fingerprint density at radius 1 is 1.40 bits per heavy atom. The van der Waals surface area contributed by atoms with Gasteiger partial charge in [-0.2, -0.15) is 11.8 Å². The molecule has 0 aliphatic carbocycles. The second kappa shape index (κ2) is 6.06. The van der Waals surface area contributed by atoms with Crippen molar-refractivity contribution in [2.24, 2.45) is 0 Å². The zero-order valence-corrected chi connectivity index (χ0v) is 11.5. The molecule has 3 rings (SSSR count). The van der Waals surface area contributed by atoms with Crippen molar-refractivity contribution in [3.63, 3.8) is 0 Å². The molecule has 20 heavy (non-hydrogen) atoms. The smallest absolute Gasteiger partial charge is 0.247 e. The molecule has 1 aliphatic heterocycles. The van der Waals surface area contributed by atoms with Crippen LogP contribution in [0.25, 0.3) is 11.5 Å². The molecular formula is C13H14N4O2S. The minimum atomic E-state index is -0.121. The number of nitrogens with zero attached hydrogens (tertiary/aromatic N) is 2. The molecule has 1 fully saturated rings. The molecular weight excluding hydrogens is 276 g/mol. The van der Waals surface area contributed by atoms with Crippen molar-refractivity contribution >= 4 is 23.4 Å². The number of thioether (sulfide) groups is 1. The largest absolute Gasteiger partial charge is 0.423 e. The number of hydrogen-bond acceptors (Lipinski definition) is 6. The summed E-state index contributed by atoms with van der Waals surface area (Å²) in [5.41, 5.74) is 1.59. The maximum Gasteiger partial charge on any atom is 0.247 e. The summed E-state index contributed by atoms with van der Waals surface area (Å²) in [6.45, 7) is 0.874. The number of aromatic nitrogens is 2. The number of anilines is 1. The molecule has 0 radical (unpaired) electrons. The van der Waals surface area contributed by atoms with Crippen LogP contribution < -0.4 is 10.6 Å². The third kappa shape index (κ3) is 3.00. The summed E-state index contributed by atoms with van der Waals surface area (Å²) in [7, 11) is 0. The molecule has 1 unspecified atom stereocenters. The molecule has 1 atom stereocenters. The summed E-state index contributed by atoms with van der Waals surface area (Å²) < 4.78 is 5.11. The summed E-state index contributed by atoms with van der Waals surface area (Å²) in [6, 6.07) is 7.21. The Hall–Kier alpha value is -1.86. The molecule has 1 amide bonds. The van der Waals surface area contributed by atoms with Gasteiger partial charge in [0.25, 0.3) is 0 Å². The van der Waals surface area contributed by atoms with E-state index in [1.165, 1.54) is 6.39 Å². The highest BCUT2D eigenvalue weighted by atomic mass is 32.2. The molecule has 2 aromatic rings. The molecule has 0 saturated carbocycles. The van der Waals surface area contributed by atoms with Gasteiger partial charge in [-0.25, -0.2) is 0 Å². The fraction of sp³-hybridized carbons (Fsp3) is 0.308. The molecule has 104 valence electrons. The van der Waals surface area contributed by atoms with Gasteiger partial charge in [-0.3, -0.25) is 4.79 Å². The number of nitrogens with one attached hydrogen (secondary N) is 2. The van der Waals surface area contributed by atoms with Crippen LogP contribution in [0.4, 0.5) is 5.69 Å². The Morgan fingerprint density at radius 3 is 2.90 bits per heavy atom. The Kier molecular flexibility index (Phi) is 3.98. The molecule has 1 saturated heterocycles. The van der Waals surface area contributed by atoms with Gasteiger partial charge in [0.05, 0.1) is 6.04 Å². The van der Waals surface area contributed by atoms with Crippen LogP contribution >= 0.6 is 11.8 Å². The van der Waals surface area contributed by atoms with Gasteiger partial charge in [-0.1, -0.05) is 0 Å². The van der Waals surface area contributed by atoms with Crippen molar-refractivity contribution in [3.05, 3.63) is 30.7 Å². The van der Waals surface area contributed by atoms with Crippen LogP contribution in [0, 0.1) is 0 Å². The van der Waals surface area contributed by atoms with Gasteiger partial charge in [-0.05, 0) is 24.3 Å². The van der Waals surface area contributed by atoms with Gasteiger partial charge >= 0.3 is 0 Å². The molecule has 6 nitrogen and oxygen atoms in total. The Balaban J connectivity index is 1.64. The lowest BCUT2D eigenvalue weighted by Crippen LogP contribution is -2.46. The number of carbonyl (C=O) groups excluding carboxylic acids is 1.